The van der Waals surface area contributed by atoms with Gasteiger partial charge in [0.1, 0.15) is 18.1 Å². The molecule has 82 valence electrons. The molecule has 0 aromatic heterocycles. The average molecular weight is 225 g/mol. The van der Waals surface area contributed by atoms with E-state index in [1.54, 1.807) is 0 Å². The second kappa shape index (κ2) is 4.82. The van der Waals surface area contributed by atoms with Gasteiger partial charge in [-0.3, -0.25) is 16.0 Å². The molecule has 1 fully saturated rings. The lowest BCUT2D eigenvalue weighted by molar-refractivity contribution is 0.269. The maximum Gasteiger partial charge on any atom is 0.136 e. The number of hydrogen-bond donors (Lipinski definition) is 6. The Balaban J connectivity index is 1.94. The summed E-state index contributed by atoms with van der Waals surface area (Å²) >= 11 is 4.26. The molecule has 0 saturated carbocycles. The van der Waals surface area contributed by atoms with Crippen molar-refractivity contribution in [1.82, 2.24) is 16.0 Å². The number of thiol groups is 1. The zero-order valence-electron chi connectivity index (χ0n) is 8.14. The molecule has 1 aromatic carbocycles. The number of para-hydroxylation sites is 1. The normalized spacial score (nSPS) is 31.2. The van der Waals surface area contributed by atoms with Crippen molar-refractivity contribution in [2.24, 2.45) is 5.73 Å². The molecule has 0 spiro atoms. The third-order valence-corrected chi connectivity index (χ3v) is 2.39. The highest BCUT2D eigenvalue weighted by Crippen LogP contribution is 2.06. The molecule has 1 aromatic rings. The van der Waals surface area contributed by atoms with Crippen molar-refractivity contribution in [3.05, 3.63) is 30.3 Å². The van der Waals surface area contributed by atoms with Gasteiger partial charge in [0.05, 0.1) is 0 Å². The molecule has 15 heavy (non-hydrogen) atoms. The van der Waals surface area contributed by atoms with Crippen molar-refractivity contribution >= 4 is 18.3 Å². The number of benzene rings is 1. The first-order valence-corrected chi connectivity index (χ1v) is 5.29. The van der Waals surface area contributed by atoms with Crippen molar-refractivity contribution < 1.29 is 0 Å². The summed E-state index contributed by atoms with van der Waals surface area (Å²) in [5.41, 5.74) is 6.62. The Morgan fingerprint density at radius 3 is 2.53 bits per heavy atom. The maximum absolute atomic E-state index is 5.72. The first-order chi connectivity index (χ1) is 7.24. The zero-order valence-corrected chi connectivity index (χ0v) is 9.04. The Bertz CT molecular complexity index is 297. The van der Waals surface area contributed by atoms with Gasteiger partial charge in [-0.1, -0.05) is 18.2 Å². The van der Waals surface area contributed by atoms with Crippen LogP contribution in [0.5, 0.6) is 0 Å². The first-order valence-electron chi connectivity index (χ1n) is 4.77. The first kappa shape index (κ1) is 10.7. The summed E-state index contributed by atoms with van der Waals surface area (Å²) in [6.07, 6.45) is -0.360. The number of nitrogens with two attached hydrogens (primary N) is 1. The fourth-order valence-electron chi connectivity index (χ4n) is 1.44. The van der Waals surface area contributed by atoms with Gasteiger partial charge in [0, 0.05) is 5.69 Å². The highest BCUT2D eigenvalue weighted by molar-refractivity contribution is 7.80. The van der Waals surface area contributed by atoms with E-state index in [2.05, 4.69) is 33.9 Å². The van der Waals surface area contributed by atoms with Crippen molar-refractivity contribution in [2.75, 3.05) is 5.32 Å². The molecule has 6 N–H and O–H groups in total. The Hall–Kier alpha value is -0.790. The van der Waals surface area contributed by atoms with Crippen molar-refractivity contribution in [3.8, 4) is 0 Å². The molecule has 6 heteroatoms. The van der Waals surface area contributed by atoms with E-state index in [9.17, 15) is 0 Å². The van der Waals surface area contributed by atoms with Gasteiger partial charge in [0.25, 0.3) is 0 Å². The molecule has 0 aliphatic carbocycles. The van der Waals surface area contributed by atoms with E-state index in [1.807, 2.05) is 30.3 Å². The van der Waals surface area contributed by atoms with Crippen LogP contribution in [0.3, 0.4) is 0 Å². The molecule has 0 amide bonds. The standard InChI is InChI=1S/C9H15N5S/c10-7-12-8(14-9(15)13-7)11-6-4-2-1-3-5-6/h1-5,7-9,11-15H,10H2/t7-,8-,9+/m1/s1. The predicted octanol–water partition coefficient (Wildman–Crippen LogP) is -0.380. The predicted molar refractivity (Wildman–Crippen MR) is 64.0 cm³/mol. The largest absolute Gasteiger partial charge is 0.357 e. The van der Waals surface area contributed by atoms with E-state index in [0.717, 1.165) is 5.69 Å². The molecule has 0 bridgehead atoms. The van der Waals surface area contributed by atoms with Gasteiger partial charge in [-0.05, 0) is 12.1 Å². The van der Waals surface area contributed by atoms with Gasteiger partial charge in [-0.25, -0.2) is 0 Å². The van der Waals surface area contributed by atoms with Crippen LogP contribution in [0.15, 0.2) is 30.3 Å². The number of anilines is 1. The van der Waals surface area contributed by atoms with Crippen LogP contribution in [0.25, 0.3) is 0 Å². The van der Waals surface area contributed by atoms with E-state index < -0.39 is 0 Å². The molecule has 0 unspecified atom stereocenters. The zero-order chi connectivity index (χ0) is 10.7. The molecular formula is C9H15N5S. The van der Waals surface area contributed by atoms with E-state index in [0.29, 0.717) is 0 Å². The van der Waals surface area contributed by atoms with E-state index in [1.165, 1.54) is 0 Å². The Morgan fingerprint density at radius 1 is 1.13 bits per heavy atom. The lowest BCUT2D eigenvalue weighted by Gasteiger charge is -2.35. The van der Waals surface area contributed by atoms with Crippen molar-refractivity contribution in [3.63, 3.8) is 0 Å². The number of nitrogens with one attached hydrogen (secondary N) is 4. The summed E-state index contributed by atoms with van der Waals surface area (Å²) in [5, 5.41) is 12.5. The van der Waals surface area contributed by atoms with Crippen LogP contribution >= 0.6 is 12.6 Å². The number of hydrogen-bond acceptors (Lipinski definition) is 6. The fourth-order valence-corrected chi connectivity index (χ4v) is 1.75. The van der Waals surface area contributed by atoms with Crippen LogP contribution in [0.1, 0.15) is 0 Å². The second-order valence-corrected chi connectivity index (χ2v) is 3.84. The summed E-state index contributed by atoms with van der Waals surface area (Å²) in [4.78, 5) is 0. The van der Waals surface area contributed by atoms with Gasteiger partial charge >= 0.3 is 0 Å². The average Bonchev–Trinajstić information content (AvgIpc) is 2.17. The number of rotatable bonds is 2. The maximum atomic E-state index is 5.72. The van der Waals surface area contributed by atoms with Crippen molar-refractivity contribution in [2.45, 2.75) is 18.1 Å². The minimum absolute atomic E-state index is 0.0915. The molecule has 5 nitrogen and oxygen atoms in total. The van der Waals surface area contributed by atoms with Gasteiger partial charge in [-0.15, -0.1) is 12.6 Å². The van der Waals surface area contributed by atoms with Crippen LogP contribution in [0.2, 0.25) is 0 Å². The van der Waals surface area contributed by atoms with Gasteiger partial charge in [-0.2, -0.15) is 0 Å². The SMILES string of the molecule is N[C@H]1N[C@H](S)N[C@H](Nc2ccccc2)N1. The summed E-state index contributed by atoms with van der Waals surface area (Å²) < 4.78 is 0. The highest BCUT2D eigenvalue weighted by atomic mass is 32.1. The van der Waals surface area contributed by atoms with Crippen LogP contribution in [0, 0.1) is 0 Å². The molecule has 3 atom stereocenters. The van der Waals surface area contributed by atoms with Crippen LogP contribution in [-0.4, -0.2) is 18.1 Å². The van der Waals surface area contributed by atoms with Crippen LogP contribution in [0.4, 0.5) is 5.69 Å². The highest BCUT2D eigenvalue weighted by Gasteiger charge is 2.21. The van der Waals surface area contributed by atoms with Crippen LogP contribution in [-0.2, 0) is 0 Å². The molecule has 1 saturated heterocycles. The second-order valence-electron chi connectivity index (χ2n) is 3.32. The summed E-state index contributed by atoms with van der Waals surface area (Å²) in [7, 11) is 0. The summed E-state index contributed by atoms with van der Waals surface area (Å²) in [6, 6.07) is 9.90. The quantitative estimate of drug-likeness (QED) is 0.387. The lowest BCUT2D eigenvalue weighted by Crippen LogP contribution is -2.70. The lowest BCUT2D eigenvalue weighted by atomic mass is 10.3. The smallest absolute Gasteiger partial charge is 0.136 e. The molecular weight excluding hydrogens is 210 g/mol. The summed E-state index contributed by atoms with van der Waals surface area (Å²) in [5.74, 6) is 0. The molecule has 2 rings (SSSR count). The minimum Gasteiger partial charge on any atom is -0.357 e. The molecule has 1 aliphatic heterocycles. The Labute approximate surface area is 94.2 Å². The van der Waals surface area contributed by atoms with Gasteiger partial charge < -0.3 is 11.1 Å². The van der Waals surface area contributed by atoms with E-state index >= 15 is 0 Å². The van der Waals surface area contributed by atoms with E-state index in [-0.39, 0.29) is 18.1 Å². The van der Waals surface area contributed by atoms with Gasteiger partial charge in [0.15, 0.2) is 0 Å². The van der Waals surface area contributed by atoms with Gasteiger partial charge in [0.2, 0.25) is 0 Å². The molecule has 1 heterocycles. The van der Waals surface area contributed by atoms with E-state index in [4.69, 9.17) is 5.73 Å². The Morgan fingerprint density at radius 2 is 1.87 bits per heavy atom. The Kier molecular flexibility index (Phi) is 3.45. The topological polar surface area (TPSA) is 74.1 Å². The molecule has 1 aliphatic rings. The third kappa shape index (κ3) is 3.08. The third-order valence-electron chi connectivity index (χ3n) is 2.09. The molecule has 0 radical (unpaired) electrons. The van der Waals surface area contributed by atoms with Crippen molar-refractivity contribution in [1.29, 1.82) is 0 Å². The monoisotopic (exact) mass is 225 g/mol. The minimum atomic E-state index is -0.269. The van der Waals surface area contributed by atoms with Crippen LogP contribution < -0.4 is 27.0 Å². The summed E-state index contributed by atoms with van der Waals surface area (Å²) in [6.45, 7) is 0. The fraction of sp³-hybridized carbons (Fsp3) is 0.333.